The highest BCUT2D eigenvalue weighted by Gasteiger charge is 2.33. The highest BCUT2D eigenvalue weighted by atomic mass is 32.2. The van der Waals surface area contributed by atoms with E-state index in [0.717, 1.165) is 39.8 Å². The summed E-state index contributed by atoms with van der Waals surface area (Å²) in [5.74, 6) is -0.365. The lowest BCUT2D eigenvalue weighted by molar-refractivity contribution is 0.0695. The molecule has 1 aliphatic carbocycles. The van der Waals surface area contributed by atoms with E-state index in [9.17, 15) is 22.9 Å². The van der Waals surface area contributed by atoms with Crippen molar-refractivity contribution in [1.29, 1.82) is 0 Å². The van der Waals surface area contributed by atoms with Crippen LogP contribution in [0.3, 0.4) is 0 Å². The summed E-state index contributed by atoms with van der Waals surface area (Å²) in [5.41, 5.74) is 10.5. The van der Waals surface area contributed by atoms with Gasteiger partial charge in [0.05, 0.1) is 11.1 Å². The normalized spacial score (nSPS) is 14.6. The molecule has 4 aromatic rings. The Morgan fingerprint density at radius 2 is 1.32 bits per heavy atom. The molecule has 0 heterocycles. The van der Waals surface area contributed by atoms with Gasteiger partial charge in [-0.05, 0) is 98.2 Å². The van der Waals surface area contributed by atoms with E-state index in [1.807, 2.05) is 67.6 Å². The molecule has 44 heavy (non-hydrogen) atoms. The van der Waals surface area contributed by atoms with E-state index in [4.69, 9.17) is 0 Å². The number of hydrogen-bond donors (Lipinski definition) is 2. The molecule has 0 aliphatic heterocycles. The van der Waals surface area contributed by atoms with Crippen LogP contribution in [-0.4, -0.2) is 24.0 Å². The zero-order valence-corrected chi connectivity index (χ0v) is 26.1. The Morgan fingerprint density at radius 1 is 0.750 bits per heavy atom. The monoisotopic (exact) mass is 603 g/mol. The minimum atomic E-state index is -4.40. The Labute approximate surface area is 259 Å². The number of carboxylic acid groups (broad SMARTS) is 1. The average molecular weight is 604 g/mol. The van der Waals surface area contributed by atoms with Gasteiger partial charge >= 0.3 is 16.1 Å². The van der Waals surface area contributed by atoms with Crippen molar-refractivity contribution in [3.63, 3.8) is 0 Å². The first-order chi connectivity index (χ1) is 20.9. The molecule has 0 radical (unpaired) electrons. The smallest absolute Gasteiger partial charge is 0.336 e. The Morgan fingerprint density at radius 3 is 1.86 bits per heavy atom. The van der Waals surface area contributed by atoms with E-state index in [-0.39, 0.29) is 10.5 Å². The second-order valence-electron chi connectivity index (χ2n) is 11.4. The fourth-order valence-corrected chi connectivity index (χ4v) is 6.49. The van der Waals surface area contributed by atoms with Crippen LogP contribution in [0.4, 0.5) is 0 Å². The van der Waals surface area contributed by atoms with Crippen LogP contribution in [0.25, 0.3) is 5.57 Å². The number of benzene rings is 4. The van der Waals surface area contributed by atoms with Gasteiger partial charge in [0, 0.05) is 34.8 Å². The van der Waals surface area contributed by atoms with Crippen molar-refractivity contribution in [1.82, 2.24) is 0 Å². The molecule has 0 bridgehead atoms. The van der Waals surface area contributed by atoms with Gasteiger partial charge in [0.15, 0.2) is 4.91 Å². The molecule has 0 saturated heterocycles. The summed E-state index contributed by atoms with van der Waals surface area (Å²) in [6, 6.07) is 29.9. The summed E-state index contributed by atoms with van der Waals surface area (Å²) in [6.45, 7) is 7.71. The molecule has 0 amide bonds. The van der Waals surface area contributed by atoms with E-state index in [0.29, 0.717) is 29.0 Å². The zero-order chi connectivity index (χ0) is 31.6. The van der Waals surface area contributed by atoms with Crippen LogP contribution < -0.4 is 0 Å². The first-order valence-corrected chi connectivity index (χ1v) is 15.9. The summed E-state index contributed by atoms with van der Waals surface area (Å²) in [6.07, 6.45) is 4.17. The summed E-state index contributed by atoms with van der Waals surface area (Å²) in [7, 11) is -4.40. The molecule has 6 heteroatoms. The molecule has 0 fully saturated rings. The number of carbonyl (C=O) groups is 1. The molecule has 1 aliphatic rings. The number of carboxylic acids is 1. The molecule has 2 N–H and O–H groups in total. The van der Waals surface area contributed by atoms with Gasteiger partial charge in [-0.3, -0.25) is 4.55 Å². The van der Waals surface area contributed by atoms with E-state index < -0.39 is 16.1 Å². The Hall–Kier alpha value is -4.65. The summed E-state index contributed by atoms with van der Waals surface area (Å²) < 4.78 is 33.7. The van der Waals surface area contributed by atoms with Crippen LogP contribution in [0.2, 0.25) is 0 Å². The minimum Gasteiger partial charge on any atom is -0.478 e. The van der Waals surface area contributed by atoms with Crippen LogP contribution in [0.1, 0.15) is 68.7 Å². The highest BCUT2D eigenvalue weighted by Crippen LogP contribution is 2.40. The number of aromatic carboxylic acids is 1. The third-order valence-electron chi connectivity index (χ3n) is 8.22. The fraction of sp³-hybridized carbons (Fsp3) is 0.158. The van der Waals surface area contributed by atoms with Gasteiger partial charge in [0.25, 0.3) is 0 Å². The third-order valence-corrected chi connectivity index (χ3v) is 9.06. The molecule has 0 atom stereocenters. The Bertz CT molecular complexity index is 1940. The number of aryl methyl sites for hydroxylation is 2. The summed E-state index contributed by atoms with van der Waals surface area (Å²) >= 11 is 0. The molecular formula is C38H35O5S+. The van der Waals surface area contributed by atoms with Crippen LogP contribution in [0, 0.1) is 19.8 Å². The first kappa shape index (κ1) is 30.8. The third kappa shape index (κ3) is 6.62. The van der Waals surface area contributed by atoms with Gasteiger partial charge < -0.3 is 5.11 Å². The predicted molar refractivity (Wildman–Crippen MR) is 176 cm³/mol. The maximum Gasteiger partial charge on any atom is 0.336 e. The lowest BCUT2D eigenvalue weighted by atomic mass is 9.80. The van der Waals surface area contributed by atoms with Crippen molar-refractivity contribution in [2.75, 3.05) is 0 Å². The number of rotatable bonds is 8. The largest absolute Gasteiger partial charge is 0.478 e. The molecule has 0 aromatic heterocycles. The van der Waals surface area contributed by atoms with E-state index in [1.165, 1.54) is 23.3 Å². The topological polar surface area (TPSA) is 91.7 Å². The van der Waals surface area contributed by atoms with Crippen molar-refractivity contribution in [2.24, 2.45) is 0 Å². The predicted octanol–water partition coefficient (Wildman–Crippen LogP) is 8.31. The average Bonchev–Trinajstić information content (AvgIpc) is 2.97. The molecule has 5 rings (SSSR count). The van der Waals surface area contributed by atoms with E-state index in [1.54, 1.807) is 19.9 Å². The van der Waals surface area contributed by atoms with Crippen LogP contribution >= 0.6 is 0 Å². The van der Waals surface area contributed by atoms with Gasteiger partial charge in [-0.15, -0.1) is 0 Å². The fourth-order valence-electron chi connectivity index (χ4n) is 5.84. The number of hydrogen-bond acceptors (Lipinski definition) is 3. The van der Waals surface area contributed by atoms with Gasteiger partial charge in [-0.25, -0.2) is 4.79 Å². The van der Waals surface area contributed by atoms with Crippen molar-refractivity contribution >= 4 is 21.7 Å². The van der Waals surface area contributed by atoms with Crippen molar-refractivity contribution in [3.05, 3.63) is 175 Å². The molecule has 222 valence electrons. The van der Waals surface area contributed by atoms with Crippen molar-refractivity contribution in [3.8, 4) is 0 Å². The maximum absolute atomic E-state index is 12.6. The van der Waals surface area contributed by atoms with Crippen LogP contribution in [0.5, 0.6) is 0 Å². The Balaban J connectivity index is 1.65. The Kier molecular flexibility index (Phi) is 8.77. The lowest BCUT2D eigenvalue weighted by Gasteiger charge is -2.18. The standard InChI is InChI=1S/C38H34O5S/c1-24-9-5-7-11-30(24)21-28-13-15-29(16-14-28)37(36-26(3)19-34(20-27(36)4)44(41,42)43)33-18-17-32(35(23-33)38(39)40)22-31-12-8-6-10-25(31)2/h5-20,23H,21-22H2,1-4H3,(H-,39,40,41,42,43)/p+1. The van der Waals surface area contributed by atoms with E-state index in [2.05, 4.69) is 31.2 Å². The molecule has 5 nitrogen and oxygen atoms in total. The molecule has 0 spiro atoms. The second-order valence-corrected chi connectivity index (χ2v) is 12.8. The van der Waals surface area contributed by atoms with E-state index >= 15 is 0 Å². The molecule has 4 aromatic carbocycles. The second kappa shape index (κ2) is 12.5. The van der Waals surface area contributed by atoms with Crippen molar-refractivity contribution in [2.45, 2.75) is 40.5 Å². The summed E-state index contributed by atoms with van der Waals surface area (Å²) in [4.78, 5) is 12.4. The van der Waals surface area contributed by atoms with Crippen LogP contribution in [0.15, 0.2) is 119 Å². The maximum atomic E-state index is 12.6. The summed E-state index contributed by atoms with van der Waals surface area (Å²) in [5, 5.41) is 10.3. The molecule has 0 unspecified atom stereocenters. The van der Waals surface area contributed by atoms with Crippen molar-refractivity contribution < 1.29 is 22.9 Å². The van der Waals surface area contributed by atoms with Gasteiger partial charge in [0.1, 0.15) is 5.57 Å². The quantitative estimate of drug-likeness (QED) is 0.156. The highest BCUT2D eigenvalue weighted by molar-refractivity contribution is 7.90. The van der Waals surface area contributed by atoms with Gasteiger partial charge in [0.2, 0.25) is 0 Å². The lowest BCUT2D eigenvalue weighted by Crippen LogP contribution is -2.12. The molecule has 0 saturated carbocycles. The number of allylic oxidation sites excluding steroid dienone is 4. The van der Waals surface area contributed by atoms with Gasteiger partial charge in [-0.1, -0.05) is 66.7 Å². The first-order valence-electron chi connectivity index (χ1n) is 14.4. The molecular weight excluding hydrogens is 568 g/mol. The SMILES string of the molecule is CC1=CC(S(=O)(=O)O)=C[C+](C)C1=C(c1ccc(Cc2ccccc2C)cc1)c1ccc(Cc2ccccc2C)c(C(=O)O)c1. The minimum absolute atomic E-state index is 0.177. The zero-order valence-electron chi connectivity index (χ0n) is 25.3. The van der Waals surface area contributed by atoms with Crippen LogP contribution in [-0.2, 0) is 23.0 Å². The van der Waals surface area contributed by atoms with Gasteiger partial charge in [-0.2, -0.15) is 8.42 Å².